The monoisotopic (exact) mass is 503 g/mol. The van der Waals surface area contributed by atoms with Crippen LogP contribution in [-0.2, 0) is 10.0 Å². The van der Waals surface area contributed by atoms with Gasteiger partial charge in [0, 0.05) is 48.2 Å². The predicted molar refractivity (Wildman–Crippen MR) is 142 cm³/mol. The lowest BCUT2D eigenvalue weighted by Crippen LogP contribution is -2.47. The molecule has 0 atom stereocenters. The molecule has 1 aliphatic rings. The van der Waals surface area contributed by atoms with E-state index in [0.717, 1.165) is 35.3 Å². The van der Waals surface area contributed by atoms with Gasteiger partial charge in [-0.3, -0.25) is 0 Å². The fourth-order valence-electron chi connectivity index (χ4n) is 4.41. The number of sulfonamides is 1. The molecule has 0 amide bonds. The number of nitrogens with one attached hydrogen (secondary N) is 1. The molecule has 0 saturated carbocycles. The second kappa shape index (κ2) is 9.85. The number of likely N-dealkylation sites (N-methyl/N-ethyl adjacent to an activating group) is 1. The van der Waals surface area contributed by atoms with Crippen molar-refractivity contribution in [2.45, 2.75) is 11.8 Å². The van der Waals surface area contributed by atoms with Crippen molar-refractivity contribution < 1.29 is 13.2 Å². The Hall–Kier alpha value is -3.53. The van der Waals surface area contributed by atoms with Gasteiger partial charge in [0.2, 0.25) is 10.0 Å². The van der Waals surface area contributed by atoms with E-state index >= 15 is 0 Å². The van der Waals surface area contributed by atoms with Crippen molar-refractivity contribution in [1.29, 1.82) is 0 Å². The van der Waals surface area contributed by atoms with Crippen LogP contribution in [0.1, 0.15) is 5.56 Å². The molecule has 3 aromatic carbocycles. The molecule has 2 heterocycles. The number of aromatic nitrogens is 2. The quantitative estimate of drug-likeness (QED) is 0.420. The largest absolute Gasteiger partial charge is 0.497 e. The molecular weight excluding hydrogens is 474 g/mol. The number of nitrogens with zero attached hydrogens (tertiary/aromatic N) is 4. The molecule has 0 radical (unpaired) electrons. The smallest absolute Gasteiger partial charge is 0.243 e. The second-order valence-corrected chi connectivity index (χ2v) is 10.9. The normalized spacial score (nSPS) is 15.2. The van der Waals surface area contributed by atoms with Crippen molar-refractivity contribution in [3.63, 3.8) is 0 Å². The number of hydrogen-bond donors (Lipinski definition) is 1. The van der Waals surface area contributed by atoms with Crippen LogP contribution in [0.15, 0.2) is 71.6 Å². The number of ether oxygens (including phenoxy) is 1. The van der Waals surface area contributed by atoms with E-state index in [1.165, 1.54) is 0 Å². The van der Waals surface area contributed by atoms with E-state index in [1.807, 2.05) is 74.6 Å². The first kappa shape index (κ1) is 24.2. The standard InChI is InChI=1S/C27H29N5O3S/c1-19-8-9-20(18-25(19)36(33,34)32-16-14-31(2)15-17-32)26-23-6-4-5-7-24(23)27(30-29-26)28-21-10-12-22(35-3)13-11-21/h4-13,18H,14-17H2,1-3H3,(H,28,30). The van der Waals surface area contributed by atoms with Crippen molar-refractivity contribution >= 4 is 32.3 Å². The molecule has 1 aliphatic heterocycles. The van der Waals surface area contributed by atoms with Gasteiger partial charge in [0.05, 0.1) is 12.0 Å². The highest BCUT2D eigenvalue weighted by atomic mass is 32.2. The molecule has 0 unspecified atom stereocenters. The van der Waals surface area contributed by atoms with Gasteiger partial charge in [0.1, 0.15) is 11.4 Å². The number of piperazine rings is 1. The summed E-state index contributed by atoms with van der Waals surface area (Å²) in [6, 6.07) is 20.9. The van der Waals surface area contributed by atoms with E-state index in [0.29, 0.717) is 40.6 Å². The summed E-state index contributed by atoms with van der Waals surface area (Å²) >= 11 is 0. The Morgan fingerprint density at radius 2 is 1.58 bits per heavy atom. The first-order valence-electron chi connectivity index (χ1n) is 11.8. The third kappa shape index (κ3) is 4.65. The van der Waals surface area contributed by atoms with Gasteiger partial charge in [0.15, 0.2) is 5.82 Å². The molecular formula is C27H29N5O3S. The van der Waals surface area contributed by atoms with Crippen molar-refractivity contribution in [3.05, 3.63) is 72.3 Å². The highest BCUT2D eigenvalue weighted by Crippen LogP contribution is 2.33. The van der Waals surface area contributed by atoms with Crippen LogP contribution < -0.4 is 10.1 Å². The third-order valence-corrected chi connectivity index (χ3v) is 8.62. The van der Waals surface area contributed by atoms with Gasteiger partial charge in [-0.05, 0) is 49.9 Å². The second-order valence-electron chi connectivity index (χ2n) is 8.98. The maximum Gasteiger partial charge on any atom is 0.243 e. The number of anilines is 2. The molecule has 1 saturated heterocycles. The van der Waals surface area contributed by atoms with E-state index in [-0.39, 0.29) is 0 Å². The van der Waals surface area contributed by atoms with Gasteiger partial charge >= 0.3 is 0 Å². The van der Waals surface area contributed by atoms with Crippen LogP contribution in [0.25, 0.3) is 22.0 Å². The van der Waals surface area contributed by atoms with Crippen LogP contribution in [0, 0.1) is 6.92 Å². The molecule has 9 heteroatoms. The van der Waals surface area contributed by atoms with Crippen molar-refractivity contribution in [3.8, 4) is 17.0 Å². The summed E-state index contributed by atoms with van der Waals surface area (Å²) in [4.78, 5) is 2.45. The molecule has 0 bridgehead atoms. The van der Waals surface area contributed by atoms with Gasteiger partial charge < -0.3 is 15.0 Å². The fourth-order valence-corrected chi connectivity index (χ4v) is 6.09. The van der Waals surface area contributed by atoms with Gasteiger partial charge in [-0.2, -0.15) is 4.31 Å². The number of benzene rings is 3. The Kier molecular flexibility index (Phi) is 6.61. The lowest BCUT2D eigenvalue weighted by Gasteiger charge is -2.32. The number of aryl methyl sites for hydroxylation is 1. The highest BCUT2D eigenvalue weighted by molar-refractivity contribution is 7.89. The van der Waals surface area contributed by atoms with Crippen LogP contribution in [0.3, 0.4) is 0 Å². The summed E-state index contributed by atoms with van der Waals surface area (Å²) in [5.41, 5.74) is 2.93. The lowest BCUT2D eigenvalue weighted by atomic mass is 10.0. The lowest BCUT2D eigenvalue weighted by molar-refractivity contribution is 0.222. The first-order chi connectivity index (χ1) is 17.4. The summed E-state index contributed by atoms with van der Waals surface area (Å²) < 4.78 is 33.8. The predicted octanol–water partition coefficient (Wildman–Crippen LogP) is 4.29. The van der Waals surface area contributed by atoms with Crippen molar-refractivity contribution in [1.82, 2.24) is 19.4 Å². The van der Waals surface area contributed by atoms with Gasteiger partial charge in [-0.25, -0.2) is 8.42 Å². The Balaban J connectivity index is 1.53. The summed E-state index contributed by atoms with van der Waals surface area (Å²) in [7, 11) is 0.0200. The van der Waals surface area contributed by atoms with E-state index in [4.69, 9.17) is 4.74 Å². The van der Waals surface area contributed by atoms with Crippen molar-refractivity contribution in [2.75, 3.05) is 45.7 Å². The van der Waals surface area contributed by atoms with Crippen molar-refractivity contribution in [2.24, 2.45) is 0 Å². The average molecular weight is 504 g/mol. The topological polar surface area (TPSA) is 87.7 Å². The zero-order valence-corrected chi connectivity index (χ0v) is 21.4. The molecule has 0 aliphatic carbocycles. The number of methoxy groups -OCH3 is 1. The molecule has 1 fully saturated rings. The van der Waals surface area contributed by atoms with Gasteiger partial charge in [0.25, 0.3) is 0 Å². The van der Waals surface area contributed by atoms with Crippen LogP contribution in [0.2, 0.25) is 0 Å². The van der Waals surface area contributed by atoms with Gasteiger partial charge in [-0.15, -0.1) is 10.2 Å². The Labute approximate surface area is 211 Å². The third-order valence-electron chi connectivity index (χ3n) is 6.58. The molecule has 0 spiro atoms. The molecule has 4 aromatic rings. The molecule has 36 heavy (non-hydrogen) atoms. The fraction of sp³-hybridized carbons (Fsp3) is 0.259. The maximum absolute atomic E-state index is 13.5. The number of rotatable bonds is 6. The zero-order chi connectivity index (χ0) is 25.3. The van der Waals surface area contributed by atoms with Crippen LogP contribution in [-0.4, -0.2) is 68.2 Å². The van der Waals surface area contributed by atoms with E-state index in [2.05, 4.69) is 20.4 Å². The number of hydrogen-bond acceptors (Lipinski definition) is 7. The van der Waals surface area contributed by atoms with E-state index in [1.54, 1.807) is 17.5 Å². The Bertz CT molecular complexity index is 1500. The summed E-state index contributed by atoms with van der Waals surface area (Å²) in [5, 5.41) is 14.1. The summed E-state index contributed by atoms with van der Waals surface area (Å²) in [5.74, 6) is 1.39. The maximum atomic E-state index is 13.5. The van der Waals surface area contributed by atoms with Gasteiger partial charge in [-0.1, -0.05) is 36.4 Å². The minimum atomic E-state index is -3.62. The first-order valence-corrected chi connectivity index (χ1v) is 13.3. The van der Waals surface area contributed by atoms with E-state index in [9.17, 15) is 8.42 Å². The molecule has 5 rings (SSSR count). The highest BCUT2D eigenvalue weighted by Gasteiger charge is 2.29. The molecule has 8 nitrogen and oxygen atoms in total. The summed E-state index contributed by atoms with van der Waals surface area (Å²) in [6.45, 7) is 4.24. The minimum Gasteiger partial charge on any atom is -0.497 e. The minimum absolute atomic E-state index is 0.316. The Morgan fingerprint density at radius 3 is 2.28 bits per heavy atom. The molecule has 1 aromatic heterocycles. The average Bonchev–Trinajstić information content (AvgIpc) is 2.90. The zero-order valence-electron chi connectivity index (χ0n) is 20.6. The van der Waals surface area contributed by atoms with Crippen LogP contribution in [0.4, 0.5) is 11.5 Å². The van der Waals surface area contributed by atoms with E-state index < -0.39 is 10.0 Å². The van der Waals surface area contributed by atoms with Crippen LogP contribution >= 0.6 is 0 Å². The Morgan fingerprint density at radius 1 is 0.889 bits per heavy atom. The summed E-state index contributed by atoms with van der Waals surface area (Å²) in [6.07, 6.45) is 0. The van der Waals surface area contributed by atoms with Crippen LogP contribution in [0.5, 0.6) is 5.75 Å². The molecule has 186 valence electrons. The molecule has 1 N–H and O–H groups in total. The SMILES string of the molecule is COc1ccc(Nc2nnc(-c3ccc(C)c(S(=O)(=O)N4CCN(C)CC4)c3)c3ccccc23)cc1. The number of fused-ring (bicyclic) bond motifs is 1.